The summed E-state index contributed by atoms with van der Waals surface area (Å²) in [5.41, 5.74) is 7.15. The maximum absolute atomic E-state index is 12.1. The van der Waals surface area contributed by atoms with Crippen LogP contribution in [0, 0.1) is 0 Å². The summed E-state index contributed by atoms with van der Waals surface area (Å²) in [4.78, 5) is 17.2. The van der Waals surface area contributed by atoms with Gasteiger partial charge in [0.05, 0.1) is 11.4 Å². The number of rotatable bonds is 4. The van der Waals surface area contributed by atoms with Gasteiger partial charge in [-0.1, -0.05) is 19.1 Å². The number of nitrogens with zero attached hydrogens (tertiary/aromatic N) is 1. The van der Waals surface area contributed by atoms with E-state index < -0.39 is 0 Å². The summed E-state index contributed by atoms with van der Waals surface area (Å²) in [5.74, 6) is 0.653. The van der Waals surface area contributed by atoms with Crippen molar-refractivity contribution in [3.8, 4) is 0 Å². The molecule has 0 atom stereocenters. The summed E-state index contributed by atoms with van der Waals surface area (Å²) in [6.07, 6.45) is 1.55. The van der Waals surface area contributed by atoms with Gasteiger partial charge in [-0.3, -0.25) is 4.79 Å². The lowest BCUT2D eigenvalue weighted by Gasteiger charge is -2.10. The molecular weight excluding hydrogens is 258 g/mol. The number of nitrogens with two attached hydrogens (primary N) is 1. The lowest BCUT2D eigenvalue weighted by molar-refractivity contribution is 0.102. The monoisotopic (exact) mass is 273 g/mol. The molecule has 5 heteroatoms. The molecule has 0 bridgehead atoms. The minimum atomic E-state index is -0.290. The van der Waals surface area contributed by atoms with Gasteiger partial charge >= 0.3 is 0 Å². The van der Waals surface area contributed by atoms with Crippen molar-refractivity contribution in [2.45, 2.75) is 11.8 Å². The number of anilines is 2. The number of hydrogen-bond donors (Lipinski definition) is 2. The van der Waals surface area contributed by atoms with Gasteiger partial charge < -0.3 is 11.1 Å². The van der Waals surface area contributed by atoms with Gasteiger partial charge in [0, 0.05) is 11.1 Å². The zero-order valence-corrected chi connectivity index (χ0v) is 11.4. The predicted molar refractivity (Wildman–Crippen MR) is 79.4 cm³/mol. The fraction of sp³-hybridized carbons (Fsp3) is 0.143. The Labute approximate surface area is 116 Å². The molecule has 1 aromatic carbocycles. The highest BCUT2D eigenvalue weighted by molar-refractivity contribution is 7.99. The molecule has 0 aliphatic rings. The highest BCUT2D eigenvalue weighted by Crippen LogP contribution is 2.27. The van der Waals surface area contributed by atoms with E-state index in [0.717, 1.165) is 16.3 Å². The minimum absolute atomic E-state index is 0.249. The number of benzene rings is 1. The maximum Gasteiger partial charge on any atom is 0.276 e. The molecule has 0 aliphatic heterocycles. The van der Waals surface area contributed by atoms with E-state index in [-0.39, 0.29) is 11.6 Å². The van der Waals surface area contributed by atoms with E-state index in [0.29, 0.717) is 5.69 Å². The summed E-state index contributed by atoms with van der Waals surface area (Å²) in [5, 5.41) is 2.85. The standard InChI is InChI=1S/C14H15N3OS/c1-2-19-12-8-4-3-7-11(12)17-14(18)13-10(15)6-5-9-16-13/h3-9H,2,15H2,1H3,(H,17,18). The highest BCUT2D eigenvalue weighted by atomic mass is 32.2. The Kier molecular flexibility index (Phi) is 4.41. The fourth-order valence-electron chi connectivity index (χ4n) is 1.64. The molecule has 0 spiro atoms. The quantitative estimate of drug-likeness (QED) is 0.840. The topological polar surface area (TPSA) is 68.0 Å². The molecule has 0 radical (unpaired) electrons. The highest BCUT2D eigenvalue weighted by Gasteiger charge is 2.12. The molecule has 0 aliphatic carbocycles. The third-order valence-electron chi connectivity index (χ3n) is 2.49. The summed E-state index contributed by atoms with van der Waals surface area (Å²) in [7, 11) is 0. The molecule has 2 aromatic rings. The second kappa shape index (κ2) is 6.24. The number of amides is 1. The predicted octanol–water partition coefficient (Wildman–Crippen LogP) is 3.03. The van der Waals surface area contributed by atoms with Crippen molar-refractivity contribution in [3.05, 3.63) is 48.3 Å². The number of carbonyl (C=O) groups excluding carboxylic acids is 1. The summed E-state index contributed by atoms with van der Waals surface area (Å²) < 4.78 is 0. The molecule has 0 saturated heterocycles. The fourth-order valence-corrected chi connectivity index (χ4v) is 2.40. The Balaban J connectivity index is 2.22. The van der Waals surface area contributed by atoms with E-state index in [1.807, 2.05) is 24.3 Å². The summed E-state index contributed by atoms with van der Waals surface area (Å²) >= 11 is 1.68. The van der Waals surface area contributed by atoms with E-state index in [1.54, 1.807) is 30.1 Å². The molecule has 1 amide bonds. The van der Waals surface area contributed by atoms with Crippen molar-refractivity contribution >= 4 is 29.0 Å². The first-order valence-electron chi connectivity index (χ1n) is 5.96. The van der Waals surface area contributed by atoms with E-state index in [9.17, 15) is 4.79 Å². The number of pyridine rings is 1. The first-order chi connectivity index (χ1) is 9.22. The molecule has 19 heavy (non-hydrogen) atoms. The number of carbonyl (C=O) groups is 1. The molecule has 1 heterocycles. The van der Waals surface area contributed by atoms with E-state index >= 15 is 0 Å². The molecule has 2 rings (SSSR count). The molecule has 1 aromatic heterocycles. The van der Waals surface area contributed by atoms with Crippen LogP contribution in [-0.2, 0) is 0 Å². The molecule has 3 N–H and O–H groups in total. The van der Waals surface area contributed by atoms with Crippen LogP contribution in [0.25, 0.3) is 0 Å². The van der Waals surface area contributed by atoms with Crippen LogP contribution in [0.15, 0.2) is 47.5 Å². The van der Waals surface area contributed by atoms with Gasteiger partial charge in [0.25, 0.3) is 5.91 Å². The van der Waals surface area contributed by atoms with E-state index in [1.165, 1.54) is 0 Å². The van der Waals surface area contributed by atoms with Crippen molar-refractivity contribution in [2.24, 2.45) is 0 Å². The minimum Gasteiger partial charge on any atom is -0.397 e. The molecule has 0 saturated carbocycles. The zero-order valence-electron chi connectivity index (χ0n) is 10.6. The van der Waals surface area contributed by atoms with Gasteiger partial charge in [0.15, 0.2) is 5.69 Å². The second-order valence-corrected chi connectivity index (χ2v) is 5.13. The normalized spacial score (nSPS) is 10.2. The number of thioether (sulfide) groups is 1. The van der Waals surface area contributed by atoms with Gasteiger partial charge in [-0.2, -0.15) is 0 Å². The number of hydrogen-bond acceptors (Lipinski definition) is 4. The van der Waals surface area contributed by atoms with Gasteiger partial charge in [0.1, 0.15) is 0 Å². The Morgan fingerprint density at radius 2 is 2.11 bits per heavy atom. The number of aromatic nitrogens is 1. The average Bonchev–Trinajstić information content (AvgIpc) is 2.41. The molecule has 4 nitrogen and oxygen atoms in total. The van der Waals surface area contributed by atoms with Crippen molar-refractivity contribution < 1.29 is 4.79 Å². The van der Waals surface area contributed by atoms with E-state index in [4.69, 9.17) is 5.73 Å². The third-order valence-corrected chi connectivity index (χ3v) is 3.44. The Morgan fingerprint density at radius 3 is 2.84 bits per heavy atom. The first-order valence-corrected chi connectivity index (χ1v) is 6.94. The van der Waals surface area contributed by atoms with E-state index in [2.05, 4.69) is 17.2 Å². The second-order valence-electron chi connectivity index (χ2n) is 3.82. The van der Waals surface area contributed by atoms with Crippen LogP contribution >= 0.6 is 11.8 Å². The van der Waals surface area contributed by atoms with Crippen molar-refractivity contribution in [1.82, 2.24) is 4.98 Å². The van der Waals surface area contributed by atoms with Crippen molar-refractivity contribution in [2.75, 3.05) is 16.8 Å². The number of para-hydroxylation sites is 1. The van der Waals surface area contributed by atoms with Crippen LogP contribution in [0.2, 0.25) is 0 Å². The maximum atomic E-state index is 12.1. The molecule has 0 unspecified atom stereocenters. The smallest absolute Gasteiger partial charge is 0.276 e. The van der Waals surface area contributed by atoms with Crippen LogP contribution in [0.3, 0.4) is 0 Å². The first kappa shape index (κ1) is 13.4. The van der Waals surface area contributed by atoms with Gasteiger partial charge in [-0.15, -0.1) is 11.8 Å². The van der Waals surface area contributed by atoms with Gasteiger partial charge in [0.2, 0.25) is 0 Å². The average molecular weight is 273 g/mol. The lowest BCUT2D eigenvalue weighted by Crippen LogP contribution is -2.16. The molecular formula is C14H15N3OS. The summed E-state index contributed by atoms with van der Waals surface area (Å²) in [6.45, 7) is 2.07. The molecule has 98 valence electrons. The number of nitrogens with one attached hydrogen (secondary N) is 1. The Morgan fingerprint density at radius 1 is 1.32 bits per heavy atom. The van der Waals surface area contributed by atoms with Crippen molar-refractivity contribution in [1.29, 1.82) is 0 Å². The Bertz CT molecular complexity index is 586. The SMILES string of the molecule is CCSc1ccccc1NC(=O)c1ncccc1N. The lowest BCUT2D eigenvalue weighted by atomic mass is 10.2. The largest absolute Gasteiger partial charge is 0.397 e. The summed E-state index contributed by atoms with van der Waals surface area (Å²) in [6, 6.07) is 11.0. The van der Waals surface area contributed by atoms with Gasteiger partial charge in [-0.25, -0.2) is 4.98 Å². The van der Waals surface area contributed by atoms with Crippen LogP contribution in [0.4, 0.5) is 11.4 Å². The van der Waals surface area contributed by atoms with Crippen LogP contribution in [-0.4, -0.2) is 16.6 Å². The van der Waals surface area contributed by atoms with Crippen LogP contribution in [0.5, 0.6) is 0 Å². The third kappa shape index (κ3) is 3.26. The van der Waals surface area contributed by atoms with Crippen LogP contribution < -0.4 is 11.1 Å². The number of nitrogen functional groups attached to an aromatic ring is 1. The van der Waals surface area contributed by atoms with Gasteiger partial charge in [-0.05, 0) is 30.0 Å². The van der Waals surface area contributed by atoms with Crippen LogP contribution in [0.1, 0.15) is 17.4 Å². The van der Waals surface area contributed by atoms with Crippen molar-refractivity contribution in [3.63, 3.8) is 0 Å². The zero-order chi connectivity index (χ0) is 13.7. The molecule has 0 fully saturated rings. The Hall–Kier alpha value is -2.01.